The number of benzene rings is 9. The Kier molecular flexibility index (Phi) is 7.40. The van der Waals surface area contributed by atoms with Gasteiger partial charge >= 0.3 is 0 Å². The Hall–Kier alpha value is -7.40. The lowest BCUT2D eigenvalue weighted by molar-refractivity contribution is 0.669. The average molecular weight is 760 g/mol. The van der Waals surface area contributed by atoms with Gasteiger partial charge in [-0.15, -0.1) is 11.3 Å². The summed E-state index contributed by atoms with van der Waals surface area (Å²) in [7, 11) is 0. The molecule has 0 aliphatic carbocycles. The van der Waals surface area contributed by atoms with E-state index in [4.69, 9.17) is 8.83 Å². The quantitative estimate of drug-likeness (QED) is 0.169. The molecule has 272 valence electrons. The van der Waals surface area contributed by atoms with Crippen molar-refractivity contribution in [3.8, 4) is 33.4 Å². The van der Waals surface area contributed by atoms with E-state index in [0.717, 1.165) is 94.3 Å². The van der Waals surface area contributed by atoms with E-state index in [-0.39, 0.29) is 0 Å². The first-order chi connectivity index (χ1) is 28.7. The highest BCUT2D eigenvalue weighted by Gasteiger charge is 2.20. The molecular weight excluding hydrogens is 727 g/mol. The summed E-state index contributed by atoms with van der Waals surface area (Å²) < 4.78 is 15.5. The van der Waals surface area contributed by atoms with Crippen LogP contribution in [0.5, 0.6) is 0 Å². The van der Waals surface area contributed by atoms with Crippen LogP contribution in [0.25, 0.3) is 97.4 Å². The monoisotopic (exact) mass is 759 g/mol. The number of hydrogen-bond donors (Lipinski definition) is 0. The summed E-state index contributed by atoms with van der Waals surface area (Å²) in [6.07, 6.45) is 0. The summed E-state index contributed by atoms with van der Waals surface area (Å²) in [6.45, 7) is 0. The fraction of sp³-hybridized carbons (Fsp3) is 0. The molecule has 58 heavy (non-hydrogen) atoms. The van der Waals surface area contributed by atoms with Crippen molar-refractivity contribution in [3.05, 3.63) is 200 Å². The highest BCUT2D eigenvalue weighted by Crippen LogP contribution is 2.46. The zero-order chi connectivity index (χ0) is 38.2. The van der Waals surface area contributed by atoms with E-state index in [1.807, 2.05) is 35.6 Å². The number of para-hydroxylation sites is 4. The molecule has 12 rings (SSSR count). The van der Waals surface area contributed by atoms with Crippen LogP contribution in [-0.4, -0.2) is 0 Å². The third kappa shape index (κ3) is 5.19. The molecule has 0 saturated carbocycles. The highest BCUT2D eigenvalue weighted by molar-refractivity contribution is 7.26. The number of nitrogens with zero attached hydrogens (tertiary/aromatic N) is 1. The largest absolute Gasteiger partial charge is 0.455 e. The first-order valence-corrected chi connectivity index (χ1v) is 20.4. The molecule has 0 saturated heterocycles. The predicted octanol–water partition coefficient (Wildman–Crippen LogP) is 16.3. The number of rotatable bonds is 6. The van der Waals surface area contributed by atoms with Crippen LogP contribution in [0.4, 0.5) is 17.1 Å². The molecule has 0 bridgehead atoms. The van der Waals surface area contributed by atoms with Crippen molar-refractivity contribution in [3.63, 3.8) is 0 Å². The fourth-order valence-corrected chi connectivity index (χ4v) is 9.93. The Morgan fingerprint density at radius 3 is 1.59 bits per heavy atom. The lowest BCUT2D eigenvalue weighted by Gasteiger charge is -2.27. The predicted molar refractivity (Wildman–Crippen MR) is 245 cm³/mol. The Morgan fingerprint density at radius 1 is 0.345 bits per heavy atom. The molecule has 0 N–H and O–H groups in total. The first kappa shape index (κ1) is 32.8. The maximum absolute atomic E-state index is 6.51. The van der Waals surface area contributed by atoms with Gasteiger partial charge in [0.1, 0.15) is 22.3 Å². The van der Waals surface area contributed by atoms with Gasteiger partial charge in [-0.3, -0.25) is 0 Å². The van der Waals surface area contributed by atoms with Crippen LogP contribution in [0.2, 0.25) is 0 Å². The lowest BCUT2D eigenvalue weighted by Crippen LogP contribution is -2.10. The van der Waals surface area contributed by atoms with E-state index in [1.54, 1.807) is 0 Å². The van der Waals surface area contributed by atoms with E-state index < -0.39 is 0 Å². The van der Waals surface area contributed by atoms with Gasteiger partial charge in [0.25, 0.3) is 0 Å². The molecule has 12 aromatic rings. The minimum Gasteiger partial charge on any atom is -0.455 e. The summed E-state index contributed by atoms with van der Waals surface area (Å²) in [5.74, 6) is 0. The van der Waals surface area contributed by atoms with Gasteiger partial charge in [0.2, 0.25) is 0 Å². The van der Waals surface area contributed by atoms with E-state index >= 15 is 0 Å². The second-order valence-electron chi connectivity index (χ2n) is 14.8. The maximum Gasteiger partial charge on any atom is 0.143 e. The average Bonchev–Trinajstić information content (AvgIpc) is 3.99. The third-order valence-corrected chi connectivity index (χ3v) is 12.6. The molecule has 0 radical (unpaired) electrons. The van der Waals surface area contributed by atoms with Crippen LogP contribution >= 0.6 is 11.3 Å². The van der Waals surface area contributed by atoms with Crippen LogP contribution in [0, 0.1) is 0 Å². The van der Waals surface area contributed by atoms with Gasteiger partial charge in [0, 0.05) is 64.2 Å². The molecule has 0 aliphatic rings. The van der Waals surface area contributed by atoms with Crippen molar-refractivity contribution in [2.24, 2.45) is 0 Å². The van der Waals surface area contributed by atoms with Crippen LogP contribution in [0.15, 0.2) is 209 Å². The van der Waals surface area contributed by atoms with Crippen molar-refractivity contribution < 1.29 is 8.83 Å². The third-order valence-electron chi connectivity index (χ3n) is 11.5. The zero-order valence-electron chi connectivity index (χ0n) is 31.2. The van der Waals surface area contributed by atoms with Crippen LogP contribution < -0.4 is 4.90 Å². The van der Waals surface area contributed by atoms with Gasteiger partial charge < -0.3 is 13.7 Å². The molecular formula is C54H33NO2S. The molecule has 0 unspecified atom stereocenters. The molecule has 0 spiro atoms. The van der Waals surface area contributed by atoms with Crippen LogP contribution in [-0.2, 0) is 0 Å². The zero-order valence-corrected chi connectivity index (χ0v) is 32.0. The molecule has 3 aromatic heterocycles. The number of anilines is 3. The summed E-state index contributed by atoms with van der Waals surface area (Å²) in [5.41, 5.74) is 13.6. The van der Waals surface area contributed by atoms with E-state index in [2.05, 4.69) is 181 Å². The normalized spacial score (nSPS) is 11.8. The Labute approximate surface area is 338 Å². The molecule has 9 aromatic carbocycles. The van der Waals surface area contributed by atoms with E-state index in [0.29, 0.717) is 0 Å². The van der Waals surface area contributed by atoms with E-state index in [1.165, 1.54) is 20.2 Å². The SMILES string of the molecule is c1cc(-c2ccc(N(c3cccc(-c4cccc5c4oc4ccccc45)c3)c3cccc4sc5ccccc5c34)cc2)cc(-c2cccc3c2oc2ccccc23)c1. The smallest absolute Gasteiger partial charge is 0.143 e. The summed E-state index contributed by atoms with van der Waals surface area (Å²) in [6, 6.07) is 71.5. The highest BCUT2D eigenvalue weighted by atomic mass is 32.1. The maximum atomic E-state index is 6.51. The standard InChI is InChI=1S/C54H33NO2S/c1-4-24-48-42(16-1)44-21-9-19-40(53(44)56-48)36-13-7-12-35(32-36)34-28-30-38(31-29-34)55(47-23-11-27-51-52(47)46-18-3-6-26-50(46)58-51)39-15-8-14-37(33-39)41-20-10-22-45-43-17-2-5-25-49(43)57-54(41)45/h1-33H. The molecule has 0 amide bonds. The molecule has 0 fully saturated rings. The minimum atomic E-state index is 0.899. The van der Waals surface area contributed by atoms with Crippen molar-refractivity contribution in [2.45, 2.75) is 0 Å². The molecule has 0 atom stereocenters. The van der Waals surface area contributed by atoms with Gasteiger partial charge in [-0.1, -0.05) is 140 Å². The topological polar surface area (TPSA) is 29.5 Å². The minimum absolute atomic E-state index is 0.899. The fourth-order valence-electron chi connectivity index (χ4n) is 8.80. The van der Waals surface area contributed by atoms with Crippen LogP contribution in [0.1, 0.15) is 0 Å². The summed E-state index contributed by atoms with van der Waals surface area (Å²) in [4.78, 5) is 2.41. The molecule has 3 nitrogen and oxygen atoms in total. The van der Waals surface area contributed by atoms with Gasteiger partial charge in [-0.05, 0) is 82.9 Å². The Bertz CT molecular complexity index is 3530. The Balaban J connectivity index is 0.993. The lowest BCUT2D eigenvalue weighted by atomic mass is 9.97. The van der Waals surface area contributed by atoms with Crippen LogP contribution in [0.3, 0.4) is 0 Å². The summed E-state index contributed by atoms with van der Waals surface area (Å²) in [5, 5.41) is 7.04. The van der Waals surface area contributed by atoms with Crippen molar-refractivity contribution >= 4 is 92.4 Å². The van der Waals surface area contributed by atoms with Gasteiger partial charge in [0.05, 0.1) is 5.69 Å². The van der Waals surface area contributed by atoms with Crippen molar-refractivity contribution in [1.29, 1.82) is 0 Å². The van der Waals surface area contributed by atoms with Gasteiger partial charge in [0.15, 0.2) is 0 Å². The summed E-state index contributed by atoms with van der Waals surface area (Å²) >= 11 is 1.84. The van der Waals surface area contributed by atoms with E-state index in [9.17, 15) is 0 Å². The number of thiophene rings is 1. The van der Waals surface area contributed by atoms with Gasteiger partial charge in [-0.25, -0.2) is 0 Å². The molecule has 3 heterocycles. The molecule has 0 aliphatic heterocycles. The van der Waals surface area contributed by atoms with Gasteiger partial charge in [-0.2, -0.15) is 0 Å². The Morgan fingerprint density at radius 2 is 0.879 bits per heavy atom. The second-order valence-corrected chi connectivity index (χ2v) is 15.9. The molecule has 4 heteroatoms. The van der Waals surface area contributed by atoms with Crippen molar-refractivity contribution in [1.82, 2.24) is 0 Å². The number of hydrogen-bond acceptors (Lipinski definition) is 4. The van der Waals surface area contributed by atoms with Crippen molar-refractivity contribution in [2.75, 3.05) is 4.90 Å². The second kappa shape index (κ2) is 13.1. The number of furan rings is 2. The first-order valence-electron chi connectivity index (χ1n) is 19.6. The number of fused-ring (bicyclic) bond motifs is 9.